The molecule has 1 heterocycles. The van der Waals surface area contributed by atoms with E-state index in [1.165, 1.54) is 41.2 Å². The van der Waals surface area contributed by atoms with Gasteiger partial charge in [0.1, 0.15) is 5.01 Å². The summed E-state index contributed by atoms with van der Waals surface area (Å²) in [5.74, 6) is -0.468. The summed E-state index contributed by atoms with van der Waals surface area (Å²) in [5.41, 5.74) is 2.25. The molecule has 0 radical (unpaired) electrons. The minimum Gasteiger partial charge on any atom is -0.296 e. The number of rotatable bonds is 4. The number of nitrogens with one attached hydrogen (secondary N) is 1. The molecule has 0 aliphatic rings. The Morgan fingerprint density at radius 1 is 1.11 bits per heavy atom. The lowest BCUT2D eigenvalue weighted by molar-refractivity contribution is -0.384. The number of aromatic nitrogens is 2. The van der Waals surface area contributed by atoms with Crippen LogP contribution in [-0.4, -0.2) is 21.0 Å². The summed E-state index contributed by atoms with van der Waals surface area (Å²) >= 11 is 1.24. The molecule has 1 N–H and O–H groups in total. The summed E-state index contributed by atoms with van der Waals surface area (Å²) in [6.45, 7) is 6.44. The van der Waals surface area contributed by atoms with E-state index in [-0.39, 0.29) is 16.7 Å². The van der Waals surface area contributed by atoms with Gasteiger partial charge in [-0.2, -0.15) is 0 Å². The molecule has 8 heteroatoms. The SMILES string of the molecule is CC(C)(C)c1ccc(-c2nnc(NC(=O)c3cccc([N+](=O)[O-])c3)s2)cc1. The van der Waals surface area contributed by atoms with E-state index in [2.05, 4.69) is 48.4 Å². The smallest absolute Gasteiger partial charge is 0.270 e. The van der Waals surface area contributed by atoms with E-state index in [1.807, 2.05) is 12.1 Å². The van der Waals surface area contributed by atoms with Crippen molar-refractivity contribution in [3.05, 3.63) is 69.8 Å². The maximum Gasteiger partial charge on any atom is 0.270 e. The molecule has 3 rings (SSSR count). The van der Waals surface area contributed by atoms with Crippen LogP contribution in [0.5, 0.6) is 0 Å². The number of amides is 1. The monoisotopic (exact) mass is 382 g/mol. The molecule has 0 atom stereocenters. The molecule has 0 saturated carbocycles. The highest BCUT2D eigenvalue weighted by Gasteiger charge is 2.16. The second kappa shape index (κ2) is 7.24. The third-order valence-electron chi connectivity index (χ3n) is 3.96. The molecule has 0 bridgehead atoms. The molecule has 0 aliphatic carbocycles. The molecule has 0 saturated heterocycles. The van der Waals surface area contributed by atoms with Crippen LogP contribution in [0.2, 0.25) is 0 Å². The Kier molecular flexibility index (Phi) is 5.00. The first-order valence-corrected chi connectivity index (χ1v) is 9.06. The Labute approximate surface area is 160 Å². The van der Waals surface area contributed by atoms with Crippen molar-refractivity contribution in [2.24, 2.45) is 0 Å². The molecule has 2 aromatic carbocycles. The Morgan fingerprint density at radius 2 is 1.81 bits per heavy atom. The summed E-state index contributed by atoms with van der Waals surface area (Å²) in [4.78, 5) is 22.6. The second-order valence-corrected chi connectivity index (χ2v) is 7.98. The number of non-ortho nitro benzene ring substituents is 1. The minimum atomic E-state index is -0.541. The van der Waals surface area contributed by atoms with Crippen LogP contribution in [0.1, 0.15) is 36.7 Å². The van der Waals surface area contributed by atoms with Crippen molar-refractivity contribution in [3.8, 4) is 10.6 Å². The number of anilines is 1. The summed E-state index contributed by atoms with van der Waals surface area (Å²) in [7, 11) is 0. The number of hydrogen-bond donors (Lipinski definition) is 1. The zero-order valence-corrected chi connectivity index (χ0v) is 15.9. The summed E-state index contributed by atoms with van der Waals surface area (Å²) in [5, 5.41) is 22.6. The van der Waals surface area contributed by atoms with E-state index in [1.54, 1.807) is 0 Å². The third-order valence-corrected chi connectivity index (χ3v) is 4.85. The largest absolute Gasteiger partial charge is 0.296 e. The molecule has 27 heavy (non-hydrogen) atoms. The van der Waals surface area contributed by atoms with E-state index >= 15 is 0 Å². The molecule has 0 unspecified atom stereocenters. The average Bonchev–Trinajstić information content (AvgIpc) is 3.09. The van der Waals surface area contributed by atoms with Crippen molar-refractivity contribution in [3.63, 3.8) is 0 Å². The van der Waals surface area contributed by atoms with Crippen LogP contribution < -0.4 is 5.32 Å². The Bertz CT molecular complexity index is 991. The fraction of sp³-hybridized carbons (Fsp3) is 0.211. The highest BCUT2D eigenvalue weighted by Crippen LogP contribution is 2.29. The van der Waals surface area contributed by atoms with Crippen LogP contribution in [0.15, 0.2) is 48.5 Å². The lowest BCUT2D eigenvalue weighted by atomic mass is 9.87. The van der Waals surface area contributed by atoms with Gasteiger partial charge in [0.05, 0.1) is 4.92 Å². The molecule has 7 nitrogen and oxygen atoms in total. The van der Waals surface area contributed by atoms with Crippen molar-refractivity contribution in [2.75, 3.05) is 5.32 Å². The van der Waals surface area contributed by atoms with E-state index in [0.717, 1.165) is 5.56 Å². The van der Waals surface area contributed by atoms with Gasteiger partial charge in [-0.05, 0) is 17.0 Å². The van der Waals surface area contributed by atoms with Gasteiger partial charge >= 0.3 is 0 Å². The van der Waals surface area contributed by atoms with Crippen molar-refractivity contribution >= 4 is 28.1 Å². The van der Waals surface area contributed by atoms with Crippen LogP contribution in [-0.2, 0) is 5.41 Å². The number of carbonyl (C=O) groups excluding carboxylic acids is 1. The van der Waals surface area contributed by atoms with E-state index in [4.69, 9.17) is 0 Å². The fourth-order valence-corrected chi connectivity index (χ4v) is 3.18. The molecular formula is C19H18N4O3S. The lowest BCUT2D eigenvalue weighted by Gasteiger charge is -2.18. The van der Waals surface area contributed by atoms with Crippen molar-refractivity contribution in [1.29, 1.82) is 0 Å². The first kappa shape index (κ1) is 18.7. The van der Waals surface area contributed by atoms with Crippen LogP contribution in [0, 0.1) is 10.1 Å². The quantitative estimate of drug-likeness (QED) is 0.522. The molecule has 0 aliphatic heterocycles. The van der Waals surface area contributed by atoms with Crippen molar-refractivity contribution < 1.29 is 9.72 Å². The van der Waals surface area contributed by atoms with Gasteiger partial charge < -0.3 is 0 Å². The van der Waals surface area contributed by atoms with Gasteiger partial charge in [-0.25, -0.2) is 0 Å². The molecular weight excluding hydrogens is 364 g/mol. The first-order chi connectivity index (χ1) is 12.7. The zero-order valence-electron chi connectivity index (χ0n) is 15.1. The van der Waals surface area contributed by atoms with Crippen LogP contribution >= 0.6 is 11.3 Å². The van der Waals surface area contributed by atoms with E-state index in [0.29, 0.717) is 10.1 Å². The first-order valence-electron chi connectivity index (χ1n) is 8.24. The van der Waals surface area contributed by atoms with Gasteiger partial charge in [0.15, 0.2) is 0 Å². The molecule has 138 valence electrons. The predicted molar refractivity (Wildman–Crippen MR) is 105 cm³/mol. The van der Waals surface area contributed by atoms with Gasteiger partial charge in [0, 0.05) is 23.3 Å². The molecule has 1 amide bonds. The van der Waals surface area contributed by atoms with Gasteiger partial charge in [-0.15, -0.1) is 10.2 Å². The van der Waals surface area contributed by atoms with E-state index < -0.39 is 10.8 Å². The minimum absolute atomic E-state index is 0.0666. The average molecular weight is 382 g/mol. The predicted octanol–water partition coefficient (Wildman–Crippen LogP) is 4.66. The second-order valence-electron chi connectivity index (χ2n) is 7.00. The van der Waals surface area contributed by atoms with Crippen LogP contribution in [0.3, 0.4) is 0 Å². The van der Waals surface area contributed by atoms with Gasteiger partial charge in [-0.3, -0.25) is 20.2 Å². The van der Waals surface area contributed by atoms with E-state index in [9.17, 15) is 14.9 Å². The Balaban J connectivity index is 1.75. The van der Waals surface area contributed by atoms with Gasteiger partial charge in [0.2, 0.25) is 5.13 Å². The highest BCUT2D eigenvalue weighted by atomic mass is 32.1. The van der Waals surface area contributed by atoms with Gasteiger partial charge in [0.25, 0.3) is 11.6 Å². The summed E-state index contributed by atoms with van der Waals surface area (Å²) in [6, 6.07) is 13.6. The fourth-order valence-electron chi connectivity index (χ4n) is 2.43. The van der Waals surface area contributed by atoms with Gasteiger partial charge in [-0.1, -0.05) is 62.4 Å². The Morgan fingerprint density at radius 3 is 2.44 bits per heavy atom. The Hall–Kier alpha value is -3.13. The highest BCUT2D eigenvalue weighted by molar-refractivity contribution is 7.18. The molecule has 0 spiro atoms. The number of benzene rings is 2. The van der Waals surface area contributed by atoms with Crippen molar-refractivity contribution in [1.82, 2.24) is 10.2 Å². The third kappa shape index (κ3) is 4.35. The number of hydrogen-bond acceptors (Lipinski definition) is 6. The lowest BCUT2D eigenvalue weighted by Crippen LogP contribution is -2.11. The van der Waals surface area contributed by atoms with Crippen molar-refractivity contribution in [2.45, 2.75) is 26.2 Å². The number of nitro groups is 1. The zero-order chi connectivity index (χ0) is 19.6. The van der Waals surface area contributed by atoms with Crippen LogP contribution in [0.4, 0.5) is 10.8 Å². The maximum atomic E-state index is 12.3. The topological polar surface area (TPSA) is 98.0 Å². The number of nitro benzene ring substituents is 1. The molecule has 1 aromatic heterocycles. The standard InChI is InChI=1S/C19H18N4O3S/c1-19(2,3)14-9-7-12(8-10-14)17-21-22-18(27-17)20-16(24)13-5-4-6-15(11-13)23(25)26/h4-11H,1-3H3,(H,20,22,24). The normalized spacial score (nSPS) is 11.2. The number of nitrogens with zero attached hydrogens (tertiary/aromatic N) is 3. The summed E-state index contributed by atoms with van der Waals surface area (Å²) < 4.78 is 0. The maximum absolute atomic E-state index is 12.3. The summed E-state index contributed by atoms with van der Waals surface area (Å²) in [6.07, 6.45) is 0. The van der Waals surface area contributed by atoms with Crippen LogP contribution in [0.25, 0.3) is 10.6 Å². The number of carbonyl (C=O) groups is 1. The molecule has 3 aromatic rings. The molecule has 0 fully saturated rings.